The second-order valence-corrected chi connectivity index (χ2v) is 6.57. The Kier molecular flexibility index (Phi) is 5.50. The third-order valence-electron chi connectivity index (χ3n) is 4.75. The second kappa shape index (κ2) is 6.91. The van der Waals surface area contributed by atoms with Crippen molar-refractivity contribution in [3.63, 3.8) is 0 Å². The molecule has 3 unspecified atom stereocenters. The van der Waals surface area contributed by atoms with Crippen LogP contribution in [0.15, 0.2) is 0 Å². The number of nitrogens with zero attached hydrogens (tertiary/aromatic N) is 1. The third-order valence-corrected chi connectivity index (χ3v) is 4.75. The van der Waals surface area contributed by atoms with Crippen molar-refractivity contribution in [2.75, 3.05) is 19.6 Å². The van der Waals surface area contributed by atoms with Crippen LogP contribution in [0.25, 0.3) is 0 Å². The van der Waals surface area contributed by atoms with Gasteiger partial charge in [-0.1, -0.05) is 20.8 Å². The minimum atomic E-state index is 0.782. The van der Waals surface area contributed by atoms with Gasteiger partial charge in [0.2, 0.25) is 0 Å². The first-order chi connectivity index (χ1) is 8.74. The Bertz CT molecular complexity index is 233. The molecule has 0 heterocycles. The lowest BCUT2D eigenvalue weighted by atomic mass is 9.78. The molecule has 0 bridgehead atoms. The zero-order valence-corrected chi connectivity index (χ0v) is 12.6. The number of hydrogen-bond donors (Lipinski definition) is 1. The van der Waals surface area contributed by atoms with Crippen molar-refractivity contribution in [1.82, 2.24) is 10.2 Å². The number of nitrogens with one attached hydrogen (secondary N) is 1. The summed E-state index contributed by atoms with van der Waals surface area (Å²) in [5.74, 6) is 1.83. The first-order valence-electron chi connectivity index (χ1n) is 8.22. The smallest absolute Gasteiger partial charge is 0.0108 e. The summed E-state index contributed by atoms with van der Waals surface area (Å²) in [6, 6.07) is 1.72. The summed E-state index contributed by atoms with van der Waals surface area (Å²) in [6.45, 7) is 10.8. The molecule has 0 saturated heterocycles. The zero-order chi connectivity index (χ0) is 13.0. The molecule has 2 nitrogen and oxygen atoms in total. The molecule has 0 aromatic rings. The second-order valence-electron chi connectivity index (χ2n) is 6.57. The van der Waals surface area contributed by atoms with Crippen molar-refractivity contribution in [2.45, 2.75) is 71.4 Å². The van der Waals surface area contributed by atoms with Gasteiger partial charge in [0.05, 0.1) is 0 Å². The van der Waals surface area contributed by atoms with Gasteiger partial charge in [0.15, 0.2) is 0 Å². The van der Waals surface area contributed by atoms with E-state index in [9.17, 15) is 0 Å². The maximum atomic E-state index is 3.74. The summed E-state index contributed by atoms with van der Waals surface area (Å²) >= 11 is 0. The highest BCUT2D eigenvalue weighted by Gasteiger charge is 2.34. The molecule has 106 valence electrons. The van der Waals surface area contributed by atoms with Crippen LogP contribution in [0.4, 0.5) is 0 Å². The van der Waals surface area contributed by atoms with E-state index in [0.29, 0.717) is 0 Å². The van der Waals surface area contributed by atoms with E-state index in [0.717, 1.165) is 30.5 Å². The Labute approximate surface area is 114 Å². The molecule has 2 aliphatic rings. The largest absolute Gasteiger partial charge is 0.314 e. The van der Waals surface area contributed by atoms with Gasteiger partial charge in [0.1, 0.15) is 0 Å². The van der Waals surface area contributed by atoms with Gasteiger partial charge in [-0.3, -0.25) is 0 Å². The van der Waals surface area contributed by atoms with E-state index in [1.165, 1.54) is 51.6 Å². The van der Waals surface area contributed by atoms with Crippen LogP contribution in [-0.2, 0) is 0 Å². The highest BCUT2D eigenvalue weighted by molar-refractivity contribution is 4.90. The Morgan fingerprint density at radius 1 is 1.11 bits per heavy atom. The van der Waals surface area contributed by atoms with E-state index >= 15 is 0 Å². The van der Waals surface area contributed by atoms with Gasteiger partial charge < -0.3 is 10.2 Å². The molecule has 2 aliphatic carbocycles. The average molecular weight is 252 g/mol. The molecule has 0 aromatic heterocycles. The van der Waals surface area contributed by atoms with E-state index < -0.39 is 0 Å². The SMILES string of the molecule is CCCN(CC1CC(C)CCC1NCC)C1CC1. The first-order valence-corrected chi connectivity index (χ1v) is 8.22. The third kappa shape index (κ3) is 3.96. The van der Waals surface area contributed by atoms with E-state index in [-0.39, 0.29) is 0 Å². The van der Waals surface area contributed by atoms with E-state index in [2.05, 4.69) is 31.0 Å². The summed E-state index contributed by atoms with van der Waals surface area (Å²) in [5, 5.41) is 3.74. The molecular formula is C16H32N2. The summed E-state index contributed by atoms with van der Waals surface area (Å²) < 4.78 is 0. The van der Waals surface area contributed by atoms with Crippen molar-refractivity contribution in [1.29, 1.82) is 0 Å². The van der Waals surface area contributed by atoms with Gasteiger partial charge in [0.25, 0.3) is 0 Å². The standard InChI is InChI=1S/C16H32N2/c1-4-10-18(15-7-8-15)12-14-11-13(3)6-9-16(14)17-5-2/h13-17H,4-12H2,1-3H3. The lowest BCUT2D eigenvalue weighted by molar-refractivity contribution is 0.140. The van der Waals surface area contributed by atoms with E-state index in [4.69, 9.17) is 0 Å². The molecule has 0 radical (unpaired) electrons. The lowest BCUT2D eigenvalue weighted by Gasteiger charge is -2.38. The zero-order valence-electron chi connectivity index (χ0n) is 12.6. The molecule has 0 aromatic carbocycles. The molecule has 2 fully saturated rings. The predicted molar refractivity (Wildman–Crippen MR) is 78.9 cm³/mol. The van der Waals surface area contributed by atoms with Crippen LogP contribution in [0.2, 0.25) is 0 Å². The fourth-order valence-electron chi connectivity index (χ4n) is 3.68. The molecule has 0 amide bonds. The van der Waals surface area contributed by atoms with Crippen molar-refractivity contribution >= 4 is 0 Å². The van der Waals surface area contributed by atoms with Crippen LogP contribution >= 0.6 is 0 Å². The highest BCUT2D eigenvalue weighted by atomic mass is 15.2. The summed E-state index contributed by atoms with van der Waals surface area (Å²) in [4.78, 5) is 2.78. The molecule has 0 spiro atoms. The Balaban J connectivity index is 1.89. The van der Waals surface area contributed by atoms with Crippen LogP contribution < -0.4 is 5.32 Å². The molecule has 3 atom stereocenters. The van der Waals surface area contributed by atoms with E-state index in [1.807, 2.05) is 0 Å². The molecule has 2 saturated carbocycles. The first kappa shape index (κ1) is 14.3. The number of rotatable bonds is 7. The maximum Gasteiger partial charge on any atom is 0.0108 e. The van der Waals surface area contributed by atoms with Crippen LogP contribution in [0.3, 0.4) is 0 Å². The van der Waals surface area contributed by atoms with Crippen LogP contribution in [0.1, 0.15) is 59.3 Å². The predicted octanol–water partition coefficient (Wildman–Crippen LogP) is 3.28. The van der Waals surface area contributed by atoms with Gasteiger partial charge in [0, 0.05) is 18.6 Å². The van der Waals surface area contributed by atoms with Gasteiger partial charge in [-0.05, 0) is 63.5 Å². The average Bonchev–Trinajstić information content (AvgIpc) is 3.16. The van der Waals surface area contributed by atoms with Crippen LogP contribution in [0, 0.1) is 11.8 Å². The van der Waals surface area contributed by atoms with Crippen LogP contribution in [0.5, 0.6) is 0 Å². The monoisotopic (exact) mass is 252 g/mol. The number of hydrogen-bond acceptors (Lipinski definition) is 2. The van der Waals surface area contributed by atoms with Crippen molar-refractivity contribution in [3.8, 4) is 0 Å². The molecule has 18 heavy (non-hydrogen) atoms. The normalized spacial score (nSPS) is 33.0. The Morgan fingerprint density at radius 3 is 2.50 bits per heavy atom. The molecular weight excluding hydrogens is 220 g/mol. The summed E-state index contributed by atoms with van der Waals surface area (Å²) in [5.41, 5.74) is 0. The highest BCUT2D eigenvalue weighted by Crippen LogP contribution is 2.33. The maximum absolute atomic E-state index is 3.74. The quantitative estimate of drug-likeness (QED) is 0.748. The fraction of sp³-hybridized carbons (Fsp3) is 1.00. The summed E-state index contributed by atoms with van der Waals surface area (Å²) in [6.07, 6.45) is 8.47. The van der Waals surface area contributed by atoms with Crippen molar-refractivity contribution in [2.24, 2.45) is 11.8 Å². The van der Waals surface area contributed by atoms with Crippen LogP contribution in [-0.4, -0.2) is 36.6 Å². The Morgan fingerprint density at radius 2 is 1.89 bits per heavy atom. The summed E-state index contributed by atoms with van der Waals surface area (Å²) in [7, 11) is 0. The van der Waals surface area contributed by atoms with Gasteiger partial charge in [-0.2, -0.15) is 0 Å². The van der Waals surface area contributed by atoms with E-state index in [1.54, 1.807) is 0 Å². The van der Waals surface area contributed by atoms with Crippen molar-refractivity contribution < 1.29 is 0 Å². The topological polar surface area (TPSA) is 15.3 Å². The molecule has 2 heteroatoms. The minimum Gasteiger partial charge on any atom is -0.314 e. The molecule has 0 aliphatic heterocycles. The van der Waals surface area contributed by atoms with Crippen molar-refractivity contribution in [3.05, 3.63) is 0 Å². The molecule has 1 N–H and O–H groups in total. The fourth-order valence-corrected chi connectivity index (χ4v) is 3.68. The lowest BCUT2D eigenvalue weighted by Crippen LogP contribution is -2.46. The van der Waals surface area contributed by atoms with Gasteiger partial charge in [-0.15, -0.1) is 0 Å². The Hall–Kier alpha value is -0.0800. The minimum absolute atomic E-state index is 0.782. The van der Waals surface area contributed by atoms with Gasteiger partial charge in [-0.25, -0.2) is 0 Å². The molecule has 2 rings (SSSR count). The van der Waals surface area contributed by atoms with Gasteiger partial charge >= 0.3 is 0 Å².